The second-order valence-electron chi connectivity index (χ2n) is 16.9. The van der Waals surface area contributed by atoms with Crippen molar-refractivity contribution in [2.24, 2.45) is 0 Å². The van der Waals surface area contributed by atoms with Crippen molar-refractivity contribution in [3.8, 4) is 27.9 Å². The quantitative estimate of drug-likeness (QED) is 0.180. The Morgan fingerprint density at radius 1 is 0.439 bits per heavy atom. The maximum Gasteiger partial charge on any atom is 0.137 e. The van der Waals surface area contributed by atoms with Crippen molar-refractivity contribution in [1.29, 1.82) is 0 Å². The molecular weight excluding hydrogens is 693 g/mol. The molecule has 3 nitrogen and oxygen atoms in total. The molecule has 0 atom stereocenters. The zero-order valence-corrected chi connectivity index (χ0v) is 32.5. The van der Waals surface area contributed by atoms with Crippen LogP contribution in [-0.4, -0.2) is 4.57 Å². The van der Waals surface area contributed by atoms with Crippen molar-refractivity contribution in [3.05, 3.63) is 192 Å². The zero-order valence-electron chi connectivity index (χ0n) is 32.5. The second kappa shape index (κ2) is 11.4. The first-order valence-electron chi connectivity index (χ1n) is 20.0. The highest BCUT2D eigenvalue weighted by Crippen LogP contribution is 2.56. The van der Waals surface area contributed by atoms with Gasteiger partial charge in [-0.2, -0.15) is 0 Å². The summed E-state index contributed by atoms with van der Waals surface area (Å²) in [6, 6.07) is 62.6. The number of rotatable bonds is 4. The van der Waals surface area contributed by atoms with Crippen LogP contribution in [-0.2, 0) is 10.8 Å². The smallest absolute Gasteiger partial charge is 0.137 e. The molecular formula is C54H40N2O. The van der Waals surface area contributed by atoms with E-state index in [4.69, 9.17) is 4.42 Å². The van der Waals surface area contributed by atoms with Crippen LogP contribution < -0.4 is 4.90 Å². The minimum absolute atomic E-state index is 0.127. The van der Waals surface area contributed by atoms with E-state index in [1.807, 2.05) is 6.07 Å². The van der Waals surface area contributed by atoms with E-state index in [1.165, 1.54) is 66.5 Å². The molecule has 8 aromatic carbocycles. The SMILES string of the molecule is CC1(C)c2ccccc2-c2ccc(N(c3ccc4c5ccccc5n(-c5cccc6oc7ccccc7c56)c4c3)c3cccc4c3-c3ccccc3C4(C)C)cc21. The van der Waals surface area contributed by atoms with Gasteiger partial charge in [-0.15, -0.1) is 0 Å². The molecule has 2 heterocycles. The average molecular weight is 733 g/mol. The summed E-state index contributed by atoms with van der Waals surface area (Å²) in [6.07, 6.45) is 0. The lowest BCUT2D eigenvalue weighted by molar-refractivity contribution is 0.660. The van der Waals surface area contributed by atoms with Crippen LogP contribution in [0, 0.1) is 0 Å². The van der Waals surface area contributed by atoms with Crippen molar-refractivity contribution >= 4 is 60.8 Å². The molecule has 0 saturated carbocycles. The van der Waals surface area contributed by atoms with E-state index in [9.17, 15) is 0 Å². The Morgan fingerprint density at radius 2 is 1.04 bits per heavy atom. The van der Waals surface area contributed by atoms with E-state index in [-0.39, 0.29) is 10.8 Å². The van der Waals surface area contributed by atoms with Crippen LogP contribution in [0.5, 0.6) is 0 Å². The van der Waals surface area contributed by atoms with Crippen LogP contribution in [0.3, 0.4) is 0 Å². The topological polar surface area (TPSA) is 21.3 Å². The van der Waals surface area contributed by atoms with Gasteiger partial charge in [0.05, 0.1) is 27.8 Å². The molecule has 0 amide bonds. The Labute approximate surface area is 332 Å². The molecule has 2 aliphatic rings. The molecule has 0 radical (unpaired) electrons. The summed E-state index contributed by atoms with van der Waals surface area (Å²) in [4.78, 5) is 2.52. The van der Waals surface area contributed by atoms with E-state index in [2.05, 4.69) is 201 Å². The molecule has 0 bridgehead atoms. The standard InChI is InChI=1S/C54H40N2O/c1-53(2)42-20-10-6-17-39(42)51-43(53)21-13-23-46(51)55(33-27-29-36-35-15-5-9-19-41(35)54(3,4)44(36)31-33)34-28-30-38-37-16-7-11-22-45(37)56(48(38)32-34)47-24-14-26-50-52(47)40-18-8-12-25-49(40)57-50/h5-32H,1-4H3. The van der Waals surface area contributed by atoms with Gasteiger partial charge in [-0.3, -0.25) is 0 Å². The Morgan fingerprint density at radius 3 is 1.89 bits per heavy atom. The lowest BCUT2D eigenvalue weighted by Crippen LogP contribution is -2.17. The predicted octanol–water partition coefficient (Wildman–Crippen LogP) is 14.8. The van der Waals surface area contributed by atoms with Gasteiger partial charge < -0.3 is 13.9 Å². The average Bonchev–Trinajstić information content (AvgIpc) is 3.92. The van der Waals surface area contributed by atoms with Crippen LogP contribution in [0.15, 0.2) is 174 Å². The molecule has 2 aliphatic carbocycles. The molecule has 0 aliphatic heterocycles. The molecule has 272 valence electrons. The third-order valence-corrected chi connectivity index (χ3v) is 13.2. The molecule has 0 spiro atoms. The molecule has 0 N–H and O–H groups in total. The van der Waals surface area contributed by atoms with Crippen molar-refractivity contribution in [3.63, 3.8) is 0 Å². The molecule has 0 saturated heterocycles. The normalized spacial score (nSPS) is 14.6. The van der Waals surface area contributed by atoms with E-state index in [0.29, 0.717) is 0 Å². The number of furan rings is 1. The molecule has 57 heavy (non-hydrogen) atoms. The maximum atomic E-state index is 6.44. The zero-order chi connectivity index (χ0) is 38.2. The third kappa shape index (κ3) is 4.32. The second-order valence-corrected chi connectivity index (χ2v) is 16.9. The number of hydrogen-bond acceptors (Lipinski definition) is 2. The van der Waals surface area contributed by atoms with Crippen LogP contribution in [0.25, 0.3) is 71.7 Å². The van der Waals surface area contributed by atoms with Crippen LogP contribution in [0.2, 0.25) is 0 Å². The van der Waals surface area contributed by atoms with Gasteiger partial charge in [0.15, 0.2) is 0 Å². The molecule has 12 rings (SSSR count). The first kappa shape index (κ1) is 32.4. The Hall–Kier alpha value is -6.84. The van der Waals surface area contributed by atoms with E-state index in [0.717, 1.165) is 44.5 Å². The number of fused-ring (bicyclic) bond motifs is 12. The number of aromatic nitrogens is 1. The highest BCUT2D eigenvalue weighted by atomic mass is 16.3. The lowest BCUT2D eigenvalue weighted by atomic mass is 9.82. The molecule has 0 unspecified atom stereocenters. The summed E-state index contributed by atoms with van der Waals surface area (Å²) in [5.41, 5.74) is 19.1. The van der Waals surface area contributed by atoms with Crippen LogP contribution >= 0.6 is 0 Å². The summed E-state index contributed by atoms with van der Waals surface area (Å²) < 4.78 is 8.89. The Balaban J connectivity index is 1.16. The summed E-state index contributed by atoms with van der Waals surface area (Å²) in [5, 5.41) is 4.69. The molecule has 10 aromatic rings. The fourth-order valence-electron chi connectivity index (χ4n) is 10.5. The highest BCUT2D eigenvalue weighted by Gasteiger charge is 2.39. The van der Waals surface area contributed by atoms with Crippen molar-refractivity contribution < 1.29 is 4.42 Å². The summed E-state index contributed by atoms with van der Waals surface area (Å²) in [7, 11) is 0. The maximum absolute atomic E-state index is 6.44. The summed E-state index contributed by atoms with van der Waals surface area (Å²) in [6.45, 7) is 9.47. The van der Waals surface area contributed by atoms with Gasteiger partial charge in [0.25, 0.3) is 0 Å². The minimum Gasteiger partial charge on any atom is -0.456 e. The fraction of sp³-hybridized carbons (Fsp3) is 0.111. The fourth-order valence-corrected chi connectivity index (χ4v) is 10.5. The van der Waals surface area contributed by atoms with Gasteiger partial charge in [-0.1, -0.05) is 143 Å². The van der Waals surface area contributed by atoms with Crippen molar-refractivity contribution in [1.82, 2.24) is 4.57 Å². The number of nitrogens with zero attached hydrogens (tertiary/aromatic N) is 2. The van der Waals surface area contributed by atoms with Gasteiger partial charge in [0, 0.05) is 43.9 Å². The number of para-hydroxylation sites is 2. The van der Waals surface area contributed by atoms with Crippen LogP contribution in [0.4, 0.5) is 17.1 Å². The van der Waals surface area contributed by atoms with E-state index >= 15 is 0 Å². The molecule has 2 aromatic heterocycles. The van der Waals surface area contributed by atoms with Gasteiger partial charge >= 0.3 is 0 Å². The Kier molecular flexibility index (Phi) is 6.46. The summed E-state index contributed by atoms with van der Waals surface area (Å²) in [5.74, 6) is 0. The number of benzene rings is 8. The minimum atomic E-state index is -0.136. The molecule has 3 heteroatoms. The molecule has 0 fully saturated rings. The van der Waals surface area contributed by atoms with Crippen LogP contribution in [0.1, 0.15) is 49.9 Å². The lowest BCUT2D eigenvalue weighted by Gasteiger charge is -2.30. The predicted molar refractivity (Wildman–Crippen MR) is 238 cm³/mol. The number of anilines is 3. The Bertz CT molecular complexity index is 3320. The van der Waals surface area contributed by atoms with Gasteiger partial charge in [0.1, 0.15) is 11.2 Å². The number of hydrogen-bond donors (Lipinski definition) is 0. The van der Waals surface area contributed by atoms with Gasteiger partial charge in [-0.25, -0.2) is 0 Å². The monoisotopic (exact) mass is 732 g/mol. The van der Waals surface area contributed by atoms with Gasteiger partial charge in [-0.05, 0) is 93.5 Å². The first-order valence-corrected chi connectivity index (χ1v) is 20.0. The first-order chi connectivity index (χ1) is 27.8. The van der Waals surface area contributed by atoms with Crippen molar-refractivity contribution in [2.75, 3.05) is 4.90 Å². The largest absolute Gasteiger partial charge is 0.456 e. The summed E-state index contributed by atoms with van der Waals surface area (Å²) >= 11 is 0. The van der Waals surface area contributed by atoms with Gasteiger partial charge in [0.2, 0.25) is 0 Å². The van der Waals surface area contributed by atoms with Crippen molar-refractivity contribution in [2.45, 2.75) is 38.5 Å². The third-order valence-electron chi connectivity index (χ3n) is 13.2. The van der Waals surface area contributed by atoms with E-state index < -0.39 is 0 Å². The van der Waals surface area contributed by atoms with E-state index in [1.54, 1.807) is 0 Å². The highest BCUT2D eigenvalue weighted by molar-refractivity contribution is 6.15.